The molecule has 26 heavy (non-hydrogen) atoms. The van der Waals surface area contributed by atoms with Crippen LogP contribution in [0.2, 0.25) is 0 Å². The minimum Gasteiger partial charge on any atom is -0.356 e. The van der Waals surface area contributed by atoms with Gasteiger partial charge in [-0.2, -0.15) is 0 Å². The third-order valence-electron chi connectivity index (χ3n) is 3.52. The van der Waals surface area contributed by atoms with Crippen LogP contribution in [-0.2, 0) is 4.79 Å². The SMILES string of the molecule is CCCNC(=O)CCNC(=O)c1cccc(NC(=O)c2cccnc2)c1. The van der Waals surface area contributed by atoms with E-state index in [1.165, 1.54) is 6.20 Å². The number of anilines is 1. The first-order valence-electron chi connectivity index (χ1n) is 8.46. The van der Waals surface area contributed by atoms with E-state index in [4.69, 9.17) is 0 Å². The van der Waals surface area contributed by atoms with Crippen molar-refractivity contribution in [2.24, 2.45) is 0 Å². The average Bonchev–Trinajstić information content (AvgIpc) is 2.67. The minimum absolute atomic E-state index is 0.0929. The fourth-order valence-corrected chi connectivity index (χ4v) is 2.18. The summed E-state index contributed by atoms with van der Waals surface area (Å²) < 4.78 is 0. The summed E-state index contributed by atoms with van der Waals surface area (Å²) >= 11 is 0. The van der Waals surface area contributed by atoms with Gasteiger partial charge < -0.3 is 16.0 Å². The molecule has 2 rings (SSSR count). The third-order valence-corrected chi connectivity index (χ3v) is 3.52. The number of nitrogens with one attached hydrogen (secondary N) is 3. The lowest BCUT2D eigenvalue weighted by Crippen LogP contribution is -2.31. The largest absolute Gasteiger partial charge is 0.356 e. The standard InChI is InChI=1S/C19H22N4O3/c1-2-9-21-17(24)8-11-22-18(25)14-5-3-7-16(12-14)23-19(26)15-6-4-10-20-13-15/h3-7,10,12-13H,2,8-9,11H2,1H3,(H,21,24)(H,22,25)(H,23,26). The van der Waals surface area contributed by atoms with Gasteiger partial charge >= 0.3 is 0 Å². The summed E-state index contributed by atoms with van der Waals surface area (Å²) in [5.41, 5.74) is 1.34. The van der Waals surface area contributed by atoms with Crippen molar-refractivity contribution in [1.29, 1.82) is 0 Å². The van der Waals surface area contributed by atoms with Crippen LogP contribution in [0.25, 0.3) is 0 Å². The Kier molecular flexibility index (Phi) is 7.30. The van der Waals surface area contributed by atoms with Gasteiger partial charge in [-0.25, -0.2) is 0 Å². The Hall–Kier alpha value is -3.22. The fraction of sp³-hybridized carbons (Fsp3) is 0.263. The molecule has 7 nitrogen and oxygen atoms in total. The van der Waals surface area contributed by atoms with Crippen LogP contribution in [0.15, 0.2) is 48.8 Å². The van der Waals surface area contributed by atoms with Crippen molar-refractivity contribution >= 4 is 23.4 Å². The molecule has 3 amide bonds. The Morgan fingerprint density at radius 1 is 0.962 bits per heavy atom. The molecule has 0 aliphatic carbocycles. The molecule has 1 heterocycles. The lowest BCUT2D eigenvalue weighted by Gasteiger charge is -2.08. The quantitative estimate of drug-likeness (QED) is 0.675. The zero-order valence-electron chi connectivity index (χ0n) is 14.6. The molecule has 3 N–H and O–H groups in total. The maximum absolute atomic E-state index is 12.2. The predicted molar refractivity (Wildman–Crippen MR) is 98.9 cm³/mol. The average molecular weight is 354 g/mol. The van der Waals surface area contributed by atoms with Crippen LogP contribution in [0.5, 0.6) is 0 Å². The number of nitrogens with zero attached hydrogens (tertiary/aromatic N) is 1. The number of pyridine rings is 1. The number of hydrogen-bond acceptors (Lipinski definition) is 4. The normalized spacial score (nSPS) is 10.0. The van der Waals surface area contributed by atoms with Crippen LogP contribution in [0.3, 0.4) is 0 Å². The smallest absolute Gasteiger partial charge is 0.257 e. The fourth-order valence-electron chi connectivity index (χ4n) is 2.18. The Labute approximate surface area is 152 Å². The number of carbonyl (C=O) groups is 3. The van der Waals surface area contributed by atoms with Gasteiger partial charge in [-0.3, -0.25) is 19.4 Å². The van der Waals surface area contributed by atoms with Crippen molar-refractivity contribution in [3.8, 4) is 0 Å². The first kappa shape index (κ1) is 19.1. The summed E-state index contributed by atoms with van der Waals surface area (Å²) in [6, 6.07) is 9.94. The Morgan fingerprint density at radius 3 is 2.50 bits per heavy atom. The number of carbonyl (C=O) groups excluding carboxylic acids is 3. The van der Waals surface area contributed by atoms with E-state index in [0.29, 0.717) is 23.4 Å². The van der Waals surface area contributed by atoms with Gasteiger partial charge in [-0.15, -0.1) is 0 Å². The van der Waals surface area contributed by atoms with Gasteiger partial charge in [0.15, 0.2) is 0 Å². The van der Waals surface area contributed by atoms with Gasteiger partial charge in [0.25, 0.3) is 11.8 Å². The second kappa shape index (κ2) is 9.93. The molecule has 0 saturated heterocycles. The lowest BCUT2D eigenvalue weighted by molar-refractivity contribution is -0.120. The molecular weight excluding hydrogens is 332 g/mol. The van der Waals surface area contributed by atoms with Crippen molar-refractivity contribution in [3.63, 3.8) is 0 Å². The van der Waals surface area contributed by atoms with Gasteiger partial charge in [0.2, 0.25) is 5.91 Å². The molecule has 1 aromatic heterocycles. The van der Waals surface area contributed by atoms with Crippen molar-refractivity contribution < 1.29 is 14.4 Å². The molecule has 0 unspecified atom stereocenters. The predicted octanol–water partition coefficient (Wildman–Crippen LogP) is 1.98. The molecule has 136 valence electrons. The van der Waals surface area contributed by atoms with Gasteiger partial charge in [-0.05, 0) is 36.8 Å². The molecule has 0 atom stereocenters. The van der Waals surface area contributed by atoms with Crippen molar-refractivity contribution in [1.82, 2.24) is 15.6 Å². The number of benzene rings is 1. The molecule has 0 aliphatic rings. The van der Waals surface area contributed by atoms with Crippen LogP contribution in [-0.4, -0.2) is 35.8 Å². The van der Waals surface area contributed by atoms with Gasteiger partial charge in [-0.1, -0.05) is 13.0 Å². The molecule has 0 aliphatic heterocycles. The van der Waals surface area contributed by atoms with E-state index in [1.54, 1.807) is 42.6 Å². The first-order chi connectivity index (χ1) is 12.6. The monoisotopic (exact) mass is 354 g/mol. The summed E-state index contributed by atoms with van der Waals surface area (Å²) in [6.45, 7) is 2.86. The molecule has 1 aromatic carbocycles. The first-order valence-corrected chi connectivity index (χ1v) is 8.46. The third kappa shape index (κ3) is 6.01. The summed E-state index contributed by atoms with van der Waals surface area (Å²) in [5.74, 6) is -0.696. The summed E-state index contributed by atoms with van der Waals surface area (Å²) in [5, 5.41) is 8.17. The van der Waals surface area contributed by atoms with Crippen molar-refractivity contribution in [3.05, 3.63) is 59.9 Å². The number of rotatable bonds is 8. The topological polar surface area (TPSA) is 100 Å². The van der Waals surface area contributed by atoms with Crippen LogP contribution in [0.4, 0.5) is 5.69 Å². The maximum atomic E-state index is 12.2. The van der Waals surface area contributed by atoms with Crippen LogP contribution in [0, 0.1) is 0 Å². The van der Waals surface area contributed by atoms with Crippen LogP contribution >= 0.6 is 0 Å². The van der Waals surface area contributed by atoms with Gasteiger partial charge in [0, 0.05) is 43.2 Å². The van der Waals surface area contributed by atoms with E-state index in [-0.39, 0.29) is 30.7 Å². The second-order valence-electron chi connectivity index (χ2n) is 5.63. The molecule has 0 fully saturated rings. The lowest BCUT2D eigenvalue weighted by atomic mass is 10.1. The Bertz CT molecular complexity index is 762. The Balaban J connectivity index is 1.88. The minimum atomic E-state index is -0.303. The maximum Gasteiger partial charge on any atom is 0.257 e. The summed E-state index contributed by atoms with van der Waals surface area (Å²) in [7, 11) is 0. The number of hydrogen-bond donors (Lipinski definition) is 3. The highest BCUT2D eigenvalue weighted by Gasteiger charge is 2.10. The highest BCUT2D eigenvalue weighted by molar-refractivity contribution is 6.04. The van der Waals surface area contributed by atoms with E-state index in [0.717, 1.165) is 6.42 Å². The molecule has 0 radical (unpaired) electrons. The van der Waals surface area contributed by atoms with Crippen molar-refractivity contribution in [2.75, 3.05) is 18.4 Å². The highest BCUT2D eigenvalue weighted by atomic mass is 16.2. The molecule has 7 heteroatoms. The summed E-state index contributed by atoms with van der Waals surface area (Å²) in [6.07, 6.45) is 4.15. The van der Waals surface area contributed by atoms with E-state index >= 15 is 0 Å². The zero-order valence-corrected chi connectivity index (χ0v) is 14.6. The van der Waals surface area contributed by atoms with Crippen LogP contribution < -0.4 is 16.0 Å². The highest BCUT2D eigenvalue weighted by Crippen LogP contribution is 2.12. The van der Waals surface area contributed by atoms with E-state index < -0.39 is 0 Å². The van der Waals surface area contributed by atoms with Gasteiger partial charge in [0.05, 0.1) is 5.56 Å². The molecule has 2 aromatic rings. The Morgan fingerprint density at radius 2 is 1.77 bits per heavy atom. The van der Waals surface area contributed by atoms with E-state index in [9.17, 15) is 14.4 Å². The molecular formula is C19H22N4O3. The summed E-state index contributed by atoms with van der Waals surface area (Å²) in [4.78, 5) is 39.7. The van der Waals surface area contributed by atoms with Crippen molar-refractivity contribution in [2.45, 2.75) is 19.8 Å². The molecule has 0 bridgehead atoms. The number of amides is 3. The second-order valence-corrected chi connectivity index (χ2v) is 5.63. The van der Waals surface area contributed by atoms with E-state index in [2.05, 4.69) is 20.9 Å². The van der Waals surface area contributed by atoms with Gasteiger partial charge in [0.1, 0.15) is 0 Å². The molecule has 0 saturated carbocycles. The van der Waals surface area contributed by atoms with E-state index in [1.807, 2.05) is 6.92 Å². The van der Waals surface area contributed by atoms with Crippen LogP contribution in [0.1, 0.15) is 40.5 Å². The zero-order chi connectivity index (χ0) is 18.8. The number of aromatic nitrogens is 1. The molecule has 0 spiro atoms.